The maximum Gasteiger partial charge on any atom is 0.122 e. The van der Waals surface area contributed by atoms with Gasteiger partial charge in [0.15, 0.2) is 0 Å². The van der Waals surface area contributed by atoms with E-state index in [4.69, 9.17) is 4.74 Å². The molecular formula is C18H28BrNO. The van der Waals surface area contributed by atoms with Gasteiger partial charge >= 0.3 is 0 Å². The summed E-state index contributed by atoms with van der Waals surface area (Å²) in [5, 5.41) is 3.34. The second-order valence-electron chi connectivity index (χ2n) is 6.37. The Morgan fingerprint density at radius 1 is 1.19 bits per heavy atom. The number of aryl methyl sites for hydroxylation is 1. The van der Waals surface area contributed by atoms with Crippen LogP contribution in [0, 0.1) is 5.41 Å². The smallest absolute Gasteiger partial charge is 0.122 e. The molecule has 1 aliphatic rings. The first-order valence-corrected chi connectivity index (χ1v) is 8.95. The monoisotopic (exact) mass is 353 g/mol. The second-order valence-corrected chi connectivity index (χ2v) is 7.29. The Kier molecular flexibility index (Phi) is 6.56. The molecule has 0 saturated heterocycles. The van der Waals surface area contributed by atoms with Gasteiger partial charge < -0.3 is 10.1 Å². The third kappa shape index (κ3) is 4.72. The zero-order valence-electron chi connectivity index (χ0n) is 13.4. The Bertz CT molecular complexity index is 441. The van der Waals surface area contributed by atoms with Crippen molar-refractivity contribution in [3.05, 3.63) is 28.2 Å². The van der Waals surface area contributed by atoms with Crippen LogP contribution in [0.5, 0.6) is 5.75 Å². The average molecular weight is 354 g/mol. The standard InChI is InChI=1S/C18H28BrNO/c1-20-13-12-18(9-4-3-5-10-18)11-8-15-14-16(19)6-7-17(15)21-2/h6-7,14,20H,3-5,8-13H2,1-2H3. The van der Waals surface area contributed by atoms with E-state index in [1.807, 2.05) is 0 Å². The summed E-state index contributed by atoms with van der Waals surface area (Å²) in [5.74, 6) is 1.03. The number of methoxy groups -OCH3 is 1. The van der Waals surface area contributed by atoms with Crippen LogP contribution in [0.2, 0.25) is 0 Å². The van der Waals surface area contributed by atoms with Crippen LogP contribution < -0.4 is 10.1 Å². The van der Waals surface area contributed by atoms with Gasteiger partial charge in [-0.15, -0.1) is 0 Å². The van der Waals surface area contributed by atoms with E-state index in [0.717, 1.165) is 23.2 Å². The molecule has 118 valence electrons. The van der Waals surface area contributed by atoms with Gasteiger partial charge in [-0.25, -0.2) is 0 Å². The highest BCUT2D eigenvalue weighted by Gasteiger charge is 2.31. The summed E-state index contributed by atoms with van der Waals surface area (Å²) in [4.78, 5) is 0. The molecule has 0 aliphatic heterocycles. The van der Waals surface area contributed by atoms with Gasteiger partial charge in [0.05, 0.1) is 7.11 Å². The molecule has 2 rings (SSSR count). The lowest BCUT2D eigenvalue weighted by molar-refractivity contribution is 0.157. The minimum atomic E-state index is 0.536. The van der Waals surface area contributed by atoms with Crippen molar-refractivity contribution in [2.75, 3.05) is 20.7 Å². The first kappa shape index (κ1) is 16.8. The summed E-state index contributed by atoms with van der Waals surface area (Å²) in [5.41, 5.74) is 1.87. The molecule has 0 unspecified atom stereocenters. The number of nitrogens with one attached hydrogen (secondary N) is 1. The van der Waals surface area contributed by atoms with E-state index in [1.54, 1.807) is 7.11 Å². The lowest BCUT2D eigenvalue weighted by Gasteiger charge is -2.38. The van der Waals surface area contributed by atoms with Gasteiger partial charge in [0.25, 0.3) is 0 Å². The normalized spacial score (nSPS) is 17.7. The molecule has 0 atom stereocenters. The van der Waals surface area contributed by atoms with Crippen LogP contribution in [0.25, 0.3) is 0 Å². The lowest BCUT2D eigenvalue weighted by Crippen LogP contribution is -2.29. The minimum Gasteiger partial charge on any atom is -0.496 e. The molecule has 0 heterocycles. The van der Waals surface area contributed by atoms with E-state index in [9.17, 15) is 0 Å². The van der Waals surface area contributed by atoms with Crippen molar-refractivity contribution in [1.82, 2.24) is 5.32 Å². The number of halogens is 1. The van der Waals surface area contributed by atoms with Crippen LogP contribution in [0.1, 0.15) is 50.5 Å². The predicted octanol–water partition coefficient (Wildman–Crippen LogP) is 4.95. The second kappa shape index (κ2) is 8.19. The molecule has 0 bridgehead atoms. The van der Waals surface area contributed by atoms with E-state index in [-0.39, 0.29) is 0 Å². The SMILES string of the molecule is CNCCC1(CCc2cc(Br)ccc2OC)CCCCC1. The van der Waals surface area contributed by atoms with Crippen molar-refractivity contribution in [3.63, 3.8) is 0 Å². The first-order valence-electron chi connectivity index (χ1n) is 8.16. The Morgan fingerprint density at radius 2 is 1.95 bits per heavy atom. The van der Waals surface area contributed by atoms with Gasteiger partial charge in [-0.2, -0.15) is 0 Å². The molecule has 1 N–H and O–H groups in total. The van der Waals surface area contributed by atoms with Gasteiger partial charge in [-0.05, 0) is 74.9 Å². The molecular weight excluding hydrogens is 326 g/mol. The summed E-state index contributed by atoms with van der Waals surface area (Å²) in [6.45, 7) is 1.13. The quantitative estimate of drug-likeness (QED) is 0.748. The summed E-state index contributed by atoms with van der Waals surface area (Å²) in [6.07, 6.45) is 10.7. The molecule has 1 saturated carbocycles. The van der Waals surface area contributed by atoms with Crippen LogP contribution >= 0.6 is 15.9 Å². The Morgan fingerprint density at radius 3 is 2.62 bits per heavy atom. The third-order valence-corrected chi connectivity index (χ3v) is 5.48. The fraction of sp³-hybridized carbons (Fsp3) is 0.667. The highest BCUT2D eigenvalue weighted by atomic mass is 79.9. The van der Waals surface area contributed by atoms with E-state index < -0.39 is 0 Å². The van der Waals surface area contributed by atoms with Crippen molar-refractivity contribution in [2.24, 2.45) is 5.41 Å². The van der Waals surface area contributed by atoms with Crippen molar-refractivity contribution < 1.29 is 4.74 Å². The fourth-order valence-electron chi connectivity index (χ4n) is 3.66. The first-order chi connectivity index (χ1) is 10.2. The van der Waals surface area contributed by atoms with Crippen LogP contribution in [0.15, 0.2) is 22.7 Å². The number of ether oxygens (including phenoxy) is 1. The molecule has 0 amide bonds. The zero-order valence-corrected chi connectivity index (χ0v) is 15.0. The molecule has 0 radical (unpaired) electrons. The molecule has 0 spiro atoms. The molecule has 3 heteroatoms. The topological polar surface area (TPSA) is 21.3 Å². The Labute approximate surface area is 137 Å². The Hall–Kier alpha value is -0.540. The third-order valence-electron chi connectivity index (χ3n) is 4.99. The van der Waals surface area contributed by atoms with E-state index in [0.29, 0.717) is 5.41 Å². The summed E-state index contributed by atoms with van der Waals surface area (Å²) in [7, 11) is 3.83. The highest BCUT2D eigenvalue weighted by Crippen LogP contribution is 2.43. The largest absolute Gasteiger partial charge is 0.496 e. The van der Waals surface area contributed by atoms with Gasteiger partial charge in [0.1, 0.15) is 5.75 Å². The van der Waals surface area contributed by atoms with E-state index in [1.165, 1.54) is 50.5 Å². The van der Waals surface area contributed by atoms with E-state index >= 15 is 0 Å². The van der Waals surface area contributed by atoms with Crippen LogP contribution in [-0.4, -0.2) is 20.7 Å². The number of hydrogen-bond acceptors (Lipinski definition) is 2. The van der Waals surface area contributed by atoms with Crippen LogP contribution in [0.3, 0.4) is 0 Å². The van der Waals surface area contributed by atoms with Crippen LogP contribution in [-0.2, 0) is 6.42 Å². The summed E-state index contributed by atoms with van der Waals surface area (Å²) in [6, 6.07) is 6.34. The molecule has 1 aromatic carbocycles. The van der Waals surface area contributed by atoms with Crippen LogP contribution in [0.4, 0.5) is 0 Å². The van der Waals surface area contributed by atoms with Crippen molar-refractivity contribution >= 4 is 15.9 Å². The molecule has 1 aromatic rings. The highest BCUT2D eigenvalue weighted by molar-refractivity contribution is 9.10. The predicted molar refractivity (Wildman–Crippen MR) is 93.1 cm³/mol. The zero-order chi connectivity index (χ0) is 15.1. The number of benzene rings is 1. The molecule has 0 aromatic heterocycles. The fourth-order valence-corrected chi connectivity index (χ4v) is 4.07. The molecule has 2 nitrogen and oxygen atoms in total. The molecule has 21 heavy (non-hydrogen) atoms. The van der Waals surface area contributed by atoms with Gasteiger partial charge in [0, 0.05) is 4.47 Å². The number of hydrogen-bond donors (Lipinski definition) is 1. The maximum absolute atomic E-state index is 5.52. The lowest BCUT2D eigenvalue weighted by atomic mass is 9.68. The maximum atomic E-state index is 5.52. The summed E-state index contributed by atoms with van der Waals surface area (Å²) >= 11 is 3.58. The number of rotatable bonds is 7. The molecule has 1 aliphatic carbocycles. The van der Waals surface area contributed by atoms with Crippen molar-refractivity contribution in [3.8, 4) is 5.75 Å². The summed E-state index contributed by atoms with van der Waals surface area (Å²) < 4.78 is 6.67. The Balaban J connectivity index is 2.05. The van der Waals surface area contributed by atoms with Crippen molar-refractivity contribution in [2.45, 2.75) is 51.4 Å². The van der Waals surface area contributed by atoms with Gasteiger partial charge in [0.2, 0.25) is 0 Å². The van der Waals surface area contributed by atoms with E-state index in [2.05, 4.69) is 46.5 Å². The minimum absolute atomic E-state index is 0.536. The molecule has 1 fully saturated rings. The average Bonchev–Trinajstić information content (AvgIpc) is 2.52. The van der Waals surface area contributed by atoms with Crippen molar-refractivity contribution in [1.29, 1.82) is 0 Å². The van der Waals surface area contributed by atoms with Gasteiger partial charge in [-0.1, -0.05) is 35.2 Å². The van der Waals surface area contributed by atoms with Gasteiger partial charge in [-0.3, -0.25) is 0 Å².